The van der Waals surface area contributed by atoms with Crippen LogP contribution in [-0.2, 0) is 0 Å². The maximum absolute atomic E-state index is 13.0. The van der Waals surface area contributed by atoms with Crippen molar-refractivity contribution in [2.75, 3.05) is 37.6 Å². The molecule has 134 valence electrons. The van der Waals surface area contributed by atoms with Crippen LogP contribution in [0.2, 0.25) is 0 Å². The molecule has 2 aliphatic rings. The van der Waals surface area contributed by atoms with E-state index < -0.39 is 0 Å². The fraction of sp³-hybridized carbons (Fsp3) is 0.611. The minimum atomic E-state index is -0.192. The second kappa shape index (κ2) is 7.89. The van der Waals surface area contributed by atoms with Crippen LogP contribution in [-0.4, -0.2) is 43.6 Å². The van der Waals surface area contributed by atoms with E-state index in [-0.39, 0.29) is 29.8 Å². The summed E-state index contributed by atoms with van der Waals surface area (Å²) in [6.45, 7) is 8.91. The first kappa shape index (κ1) is 19.3. The van der Waals surface area contributed by atoms with Crippen molar-refractivity contribution in [1.29, 1.82) is 0 Å². The van der Waals surface area contributed by atoms with Crippen molar-refractivity contribution >= 4 is 35.6 Å². The molecule has 1 saturated carbocycles. The van der Waals surface area contributed by atoms with Gasteiger partial charge >= 0.3 is 0 Å². The molecule has 0 aromatic heterocycles. The molecule has 0 radical (unpaired) electrons. The summed E-state index contributed by atoms with van der Waals surface area (Å²) in [5.74, 6) is 1.16. The van der Waals surface area contributed by atoms with E-state index >= 15 is 0 Å². The minimum absolute atomic E-state index is 0. The van der Waals surface area contributed by atoms with Crippen LogP contribution in [0.3, 0.4) is 0 Å². The molecule has 1 aromatic carbocycles. The van der Waals surface area contributed by atoms with Gasteiger partial charge in [-0.3, -0.25) is 4.99 Å². The zero-order chi connectivity index (χ0) is 16.4. The summed E-state index contributed by atoms with van der Waals surface area (Å²) < 4.78 is 13.0. The molecular weight excluding hydrogens is 418 g/mol. The fourth-order valence-corrected chi connectivity index (χ4v) is 3.26. The molecule has 1 saturated heterocycles. The van der Waals surface area contributed by atoms with E-state index in [9.17, 15) is 4.39 Å². The van der Waals surface area contributed by atoms with E-state index in [0.717, 1.165) is 38.4 Å². The number of nitrogens with zero attached hydrogens (tertiary/aromatic N) is 3. The van der Waals surface area contributed by atoms with Gasteiger partial charge in [0.05, 0.1) is 0 Å². The van der Waals surface area contributed by atoms with Crippen molar-refractivity contribution in [3.63, 3.8) is 0 Å². The number of halogens is 2. The molecule has 0 amide bonds. The third kappa shape index (κ3) is 4.32. The molecule has 0 bridgehead atoms. The number of guanidine groups is 1. The molecule has 6 heteroatoms. The predicted molar refractivity (Wildman–Crippen MR) is 109 cm³/mol. The summed E-state index contributed by atoms with van der Waals surface area (Å²) in [7, 11) is 0. The summed E-state index contributed by atoms with van der Waals surface area (Å²) in [5.41, 5.74) is 7.67. The molecule has 1 aliphatic carbocycles. The van der Waals surface area contributed by atoms with Crippen molar-refractivity contribution in [3.8, 4) is 0 Å². The van der Waals surface area contributed by atoms with Gasteiger partial charge in [0.25, 0.3) is 0 Å². The minimum Gasteiger partial charge on any atom is -0.370 e. The molecule has 1 aromatic rings. The zero-order valence-corrected chi connectivity index (χ0v) is 16.9. The van der Waals surface area contributed by atoms with Crippen LogP contribution >= 0.6 is 24.0 Å². The number of aliphatic imine (C=N–C) groups is 1. The number of rotatable bonds is 4. The topological polar surface area (TPSA) is 44.9 Å². The van der Waals surface area contributed by atoms with Crippen LogP contribution in [0.25, 0.3) is 0 Å². The van der Waals surface area contributed by atoms with Crippen LogP contribution < -0.4 is 10.6 Å². The van der Waals surface area contributed by atoms with Gasteiger partial charge < -0.3 is 15.5 Å². The van der Waals surface area contributed by atoms with Crippen molar-refractivity contribution in [3.05, 3.63) is 30.1 Å². The van der Waals surface area contributed by atoms with Gasteiger partial charge in [0.2, 0.25) is 0 Å². The lowest BCUT2D eigenvalue weighted by molar-refractivity contribution is 0.357. The van der Waals surface area contributed by atoms with Gasteiger partial charge in [-0.05, 0) is 48.4 Å². The van der Waals surface area contributed by atoms with E-state index in [4.69, 9.17) is 5.73 Å². The summed E-state index contributed by atoms with van der Waals surface area (Å²) in [6.07, 6.45) is 2.56. The third-order valence-corrected chi connectivity index (χ3v) is 5.47. The van der Waals surface area contributed by atoms with E-state index in [1.165, 1.54) is 25.0 Å². The number of piperazine rings is 1. The first-order chi connectivity index (χ1) is 11.0. The largest absolute Gasteiger partial charge is 0.370 e. The van der Waals surface area contributed by atoms with Crippen molar-refractivity contribution in [2.24, 2.45) is 22.1 Å². The normalized spacial score (nSPS) is 20.1. The van der Waals surface area contributed by atoms with E-state index in [0.29, 0.717) is 17.3 Å². The molecule has 4 nitrogen and oxygen atoms in total. The summed E-state index contributed by atoms with van der Waals surface area (Å²) in [6, 6.07) is 6.70. The fourth-order valence-electron chi connectivity index (χ4n) is 3.26. The Morgan fingerprint density at radius 2 is 1.75 bits per heavy atom. The van der Waals surface area contributed by atoms with Gasteiger partial charge in [-0.2, -0.15) is 0 Å². The quantitative estimate of drug-likeness (QED) is 0.439. The summed E-state index contributed by atoms with van der Waals surface area (Å²) in [5, 5.41) is 0. The SMILES string of the molecule is CC(C)C1(CN=C(N)N2CCN(c3ccc(F)cc3)CC2)CC1.I. The Balaban J connectivity index is 0.00000208. The Morgan fingerprint density at radius 3 is 2.25 bits per heavy atom. The molecule has 1 aliphatic heterocycles. The van der Waals surface area contributed by atoms with Gasteiger partial charge in [-0.15, -0.1) is 24.0 Å². The highest BCUT2D eigenvalue weighted by Crippen LogP contribution is 2.51. The molecule has 0 atom stereocenters. The van der Waals surface area contributed by atoms with Crippen molar-refractivity contribution in [2.45, 2.75) is 26.7 Å². The Morgan fingerprint density at radius 1 is 1.17 bits per heavy atom. The maximum Gasteiger partial charge on any atom is 0.191 e. The molecule has 2 N–H and O–H groups in total. The maximum atomic E-state index is 13.0. The summed E-state index contributed by atoms with van der Waals surface area (Å²) in [4.78, 5) is 9.09. The lowest BCUT2D eigenvalue weighted by atomic mass is 9.93. The second-order valence-corrected chi connectivity index (χ2v) is 7.14. The highest BCUT2D eigenvalue weighted by molar-refractivity contribution is 14.0. The van der Waals surface area contributed by atoms with Gasteiger partial charge in [-0.25, -0.2) is 4.39 Å². The number of hydrogen-bond acceptors (Lipinski definition) is 2. The standard InChI is InChI=1S/C18H27FN4.HI/c1-14(2)18(7-8-18)13-21-17(20)23-11-9-22(10-12-23)16-5-3-15(19)4-6-16;/h3-6,14H,7-13H2,1-2H3,(H2,20,21);1H. The molecule has 0 unspecified atom stereocenters. The van der Waals surface area contributed by atoms with Crippen molar-refractivity contribution < 1.29 is 4.39 Å². The number of nitrogens with two attached hydrogens (primary N) is 1. The number of hydrogen-bond donors (Lipinski definition) is 1. The van der Waals surface area contributed by atoms with Crippen LogP contribution in [0.5, 0.6) is 0 Å². The average Bonchev–Trinajstić information content (AvgIpc) is 3.35. The zero-order valence-electron chi connectivity index (χ0n) is 14.5. The van der Waals surface area contributed by atoms with Gasteiger partial charge in [0.1, 0.15) is 5.82 Å². The van der Waals surface area contributed by atoms with Crippen LogP contribution in [0, 0.1) is 17.2 Å². The average molecular weight is 446 g/mol. The van der Waals surface area contributed by atoms with E-state index in [1.54, 1.807) is 0 Å². The van der Waals surface area contributed by atoms with Gasteiger partial charge in [-0.1, -0.05) is 13.8 Å². The third-order valence-electron chi connectivity index (χ3n) is 5.47. The Labute approximate surface area is 161 Å². The first-order valence-electron chi connectivity index (χ1n) is 8.56. The highest BCUT2D eigenvalue weighted by atomic mass is 127. The van der Waals surface area contributed by atoms with E-state index in [1.807, 2.05) is 12.1 Å². The molecule has 1 heterocycles. The highest BCUT2D eigenvalue weighted by Gasteiger charge is 2.45. The predicted octanol–water partition coefficient (Wildman–Crippen LogP) is 3.32. The lowest BCUT2D eigenvalue weighted by Crippen LogP contribution is -2.51. The van der Waals surface area contributed by atoms with Gasteiger partial charge in [0, 0.05) is 38.4 Å². The number of benzene rings is 1. The molecular formula is C18H28FIN4. The number of anilines is 1. The molecule has 24 heavy (non-hydrogen) atoms. The smallest absolute Gasteiger partial charge is 0.191 e. The van der Waals surface area contributed by atoms with Crippen LogP contribution in [0.4, 0.5) is 10.1 Å². The Hall–Kier alpha value is -1.05. The summed E-state index contributed by atoms with van der Waals surface area (Å²) >= 11 is 0. The Bertz CT molecular complexity index is 561. The Kier molecular flexibility index (Phi) is 6.33. The first-order valence-corrected chi connectivity index (χ1v) is 8.56. The molecule has 0 spiro atoms. The van der Waals surface area contributed by atoms with E-state index in [2.05, 4.69) is 28.6 Å². The monoisotopic (exact) mass is 446 g/mol. The van der Waals surface area contributed by atoms with Crippen LogP contribution in [0.1, 0.15) is 26.7 Å². The molecule has 2 fully saturated rings. The molecule has 3 rings (SSSR count). The second-order valence-electron chi connectivity index (χ2n) is 7.14. The van der Waals surface area contributed by atoms with Crippen LogP contribution in [0.15, 0.2) is 29.3 Å². The lowest BCUT2D eigenvalue weighted by Gasteiger charge is -2.36. The van der Waals surface area contributed by atoms with Crippen molar-refractivity contribution in [1.82, 2.24) is 4.90 Å². The van der Waals surface area contributed by atoms with Gasteiger partial charge in [0.15, 0.2) is 5.96 Å².